The Balaban J connectivity index is 1.89. The molecule has 2 aromatic rings. The Kier molecular flexibility index (Phi) is 6.18. The Bertz CT molecular complexity index is 618. The standard InChI is InChI=1S/C16H25N5OS/c1-4-17-15(18-8-7-13-10-20-21(3)11-13)19-12-16(2,22)14-6-5-9-23-14/h5-6,9-11,22H,4,7-8,12H2,1-3H3,(H2,17,18,19). The Labute approximate surface area is 141 Å². The third-order valence-electron chi connectivity index (χ3n) is 3.41. The van der Waals surface area contributed by atoms with Crippen LogP contribution in [0, 0.1) is 0 Å². The molecule has 7 heteroatoms. The predicted molar refractivity (Wildman–Crippen MR) is 94.8 cm³/mol. The monoisotopic (exact) mass is 335 g/mol. The van der Waals surface area contributed by atoms with E-state index in [1.54, 1.807) is 22.9 Å². The molecule has 0 fully saturated rings. The molecule has 0 aliphatic rings. The number of thiophene rings is 1. The fourth-order valence-corrected chi connectivity index (χ4v) is 2.94. The highest BCUT2D eigenvalue weighted by Gasteiger charge is 2.23. The van der Waals surface area contributed by atoms with Gasteiger partial charge in [-0.15, -0.1) is 11.3 Å². The quantitative estimate of drug-likeness (QED) is 0.529. The smallest absolute Gasteiger partial charge is 0.191 e. The largest absolute Gasteiger partial charge is 0.383 e. The number of aryl methyl sites for hydroxylation is 1. The van der Waals surface area contributed by atoms with E-state index in [0.717, 1.165) is 24.4 Å². The number of hydrogen-bond donors (Lipinski definition) is 3. The van der Waals surface area contributed by atoms with E-state index in [1.165, 1.54) is 5.56 Å². The fraction of sp³-hybridized carbons (Fsp3) is 0.500. The summed E-state index contributed by atoms with van der Waals surface area (Å²) in [7, 11) is 1.91. The van der Waals surface area contributed by atoms with Crippen LogP contribution < -0.4 is 10.6 Å². The average molecular weight is 335 g/mol. The molecule has 1 atom stereocenters. The highest BCUT2D eigenvalue weighted by Crippen LogP contribution is 2.25. The molecule has 0 aliphatic carbocycles. The maximum atomic E-state index is 10.5. The first-order valence-electron chi connectivity index (χ1n) is 7.77. The molecule has 126 valence electrons. The lowest BCUT2D eigenvalue weighted by molar-refractivity contribution is 0.0711. The van der Waals surface area contributed by atoms with E-state index >= 15 is 0 Å². The summed E-state index contributed by atoms with van der Waals surface area (Å²) in [6.45, 7) is 5.67. The molecule has 1 unspecified atom stereocenters. The van der Waals surface area contributed by atoms with Gasteiger partial charge in [-0.1, -0.05) is 6.07 Å². The molecular weight excluding hydrogens is 310 g/mol. The van der Waals surface area contributed by atoms with Crippen LogP contribution in [0.4, 0.5) is 0 Å². The molecule has 6 nitrogen and oxygen atoms in total. The van der Waals surface area contributed by atoms with Gasteiger partial charge in [0.05, 0.1) is 12.7 Å². The van der Waals surface area contributed by atoms with E-state index < -0.39 is 5.60 Å². The maximum Gasteiger partial charge on any atom is 0.191 e. The molecule has 2 heterocycles. The molecular formula is C16H25N5OS. The number of hydrogen-bond acceptors (Lipinski definition) is 4. The summed E-state index contributed by atoms with van der Waals surface area (Å²) in [4.78, 5) is 5.43. The Morgan fingerprint density at radius 3 is 2.91 bits per heavy atom. The van der Waals surface area contributed by atoms with Crippen molar-refractivity contribution >= 4 is 17.3 Å². The normalized spacial score (nSPS) is 14.5. The molecule has 2 rings (SSSR count). The minimum absolute atomic E-state index is 0.315. The van der Waals surface area contributed by atoms with Crippen molar-refractivity contribution in [2.75, 3.05) is 19.6 Å². The Hall–Kier alpha value is -1.86. The molecule has 0 saturated heterocycles. The predicted octanol–water partition coefficient (Wildman–Crippen LogP) is 1.49. The van der Waals surface area contributed by atoms with Crippen molar-refractivity contribution < 1.29 is 5.11 Å². The van der Waals surface area contributed by atoms with Gasteiger partial charge in [0, 0.05) is 31.2 Å². The van der Waals surface area contributed by atoms with E-state index in [-0.39, 0.29) is 0 Å². The van der Waals surface area contributed by atoms with Crippen molar-refractivity contribution in [3.8, 4) is 0 Å². The lowest BCUT2D eigenvalue weighted by atomic mass is 10.1. The van der Waals surface area contributed by atoms with Gasteiger partial charge in [-0.25, -0.2) is 4.99 Å². The third-order valence-corrected chi connectivity index (χ3v) is 4.53. The molecule has 0 aromatic carbocycles. The zero-order valence-corrected chi connectivity index (χ0v) is 14.7. The first-order chi connectivity index (χ1) is 11.0. The van der Waals surface area contributed by atoms with Gasteiger partial charge in [0.1, 0.15) is 5.60 Å². The van der Waals surface area contributed by atoms with Crippen LogP contribution in [0.25, 0.3) is 0 Å². The van der Waals surface area contributed by atoms with Gasteiger partial charge in [-0.3, -0.25) is 4.68 Å². The van der Waals surface area contributed by atoms with E-state index in [9.17, 15) is 5.11 Å². The van der Waals surface area contributed by atoms with E-state index in [4.69, 9.17) is 0 Å². The molecule has 0 spiro atoms. The summed E-state index contributed by atoms with van der Waals surface area (Å²) in [6.07, 6.45) is 4.75. The van der Waals surface area contributed by atoms with Crippen LogP contribution in [-0.4, -0.2) is 40.5 Å². The molecule has 0 aliphatic heterocycles. The second kappa shape index (κ2) is 8.12. The summed E-state index contributed by atoms with van der Waals surface area (Å²) >= 11 is 1.54. The van der Waals surface area contributed by atoms with E-state index in [0.29, 0.717) is 12.5 Å². The van der Waals surface area contributed by atoms with Gasteiger partial charge >= 0.3 is 0 Å². The third kappa shape index (κ3) is 5.37. The number of guanidine groups is 1. The molecule has 0 bridgehead atoms. The highest BCUT2D eigenvalue weighted by molar-refractivity contribution is 7.10. The molecule has 23 heavy (non-hydrogen) atoms. The second-order valence-electron chi connectivity index (χ2n) is 5.65. The molecule has 0 radical (unpaired) electrons. The van der Waals surface area contributed by atoms with Crippen LogP contribution in [0.5, 0.6) is 0 Å². The van der Waals surface area contributed by atoms with Gasteiger partial charge in [-0.05, 0) is 37.3 Å². The minimum Gasteiger partial charge on any atom is -0.383 e. The summed E-state index contributed by atoms with van der Waals surface area (Å²) in [5.41, 5.74) is 0.237. The lowest BCUT2D eigenvalue weighted by Crippen LogP contribution is -2.39. The Morgan fingerprint density at radius 2 is 2.30 bits per heavy atom. The number of aliphatic imine (C=N–C) groups is 1. The number of nitrogens with one attached hydrogen (secondary N) is 2. The summed E-state index contributed by atoms with van der Waals surface area (Å²) < 4.78 is 1.80. The van der Waals surface area contributed by atoms with Crippen molar-refractivity contribution in [2.24, 2.45) is 12.0 Å². The molecule has 3 N–H and O–H groups in total. The lowest BCUT2D eigenvalue weighted by Gasteiger charge is -2.20. The van der Waals surface area contributed by atoms with Crippen LogP contribution in [-0.2, 0) is 19.1 Å². The minimum atomic E-state index is -0.945. The SMILES string of the molecule is CCNC(=NCC(C)(O)c1cccs1)NCCc1cnn(C)c1. The van der Waals surface area contributed by atoms with Crippen molar-refractivity contribution in [3.05, 3.63) is 40.3 Å². The van der Waals surface area contributed by atoms with Gasteiger partial charge in [0.2, 0.25) is 0 Å². The zero-order chi connectivity index (χ0) is 16.7. The Morgan fingerprint density at radius 1 is 1.48 bits per heavy atom. The van der Waals surface area contributed by atoms with Crippen molar-refractivity contribution in [3.63, 3.8) is 0 Å². The summed E-state index contributed by atoms with van der Waals surface area (Å²) in [5.74, 6) is 0.716. The summed E-state index contributed by atoms with van der Waals surface area (Å²) in [6, 6.07) is 3.87. The maximum absolute atomic E-state index is 10.5. The van der Waals surface area contributed by atoms with Crippen LogP contribution in [0.1, 0.15) is 24.3 Å². The van der Waals surface area contributed by atoms with Gasteiger partial charge < -0.3 is 15.7 Å². The van der Waals surface area contributed by atoms with E-state index in [1.807, 2.05) is 43.9 Å². The molecule has 0 saturated carbocycles. The number of rotatable bonds is 7. The topological polar surface area (TPSA) is 74.5 Å². The summed E-state index contributed by atoms with van der Waals surface area (Å²) in [5, 5.41) is 23.1. The van der Waals surface area contributed by atoms with Crippen molar-refractivity contribution in [1.29, 1.82) is 0 Å². The average Bonchev–Trinajstić information content (AvgIpc) is 3.17. The van der Waals surface area contributed by atoms with Crippen LogP contribution >= 0.6 is 11.3 Å². The second-order valence-corrected chi connectivity index (χ2v) is 6.59. The van der Waals surface area contributed by atoms with Crippen molar-refractivity contribution in [2.45, 2.75) is 25.9 Å². The van der Waals surface area contributed by atoms with Gasteiger partial charge in [0.15, 0.2) is 5.96 Å². The fourth-order valence-electron chi connectivity index (χ4n) is 2.16. The number of aromatic nitrogens is 2. The van der Waals surface area contributed by atoms with Crippen LogP contribution in [0.15, 0.2) is 34.9 Å². The molecule has 0 amide bonds. The molecule has 2 aromatic heterocycles. The number of aliphatic hydroxyl groups is 1. The van der Waals surface area contributed by atoms with Crippen LogP contribution in [0.3, 0.4) is 0 Å². The number of nitrogens with zero attached hydrogens (tertiary/aromatic N) is 3. The van der Waals surface area contributed by atoms with E-state index in [2.05, 4.69) is 20.7 Å². The van der Waals surface area contributed by atoms with Gasteiger partial charge in [0.25, 0.3) is 0 Å². The van der Waals surface area contributed by atoms with Gasteiger partial charge in [-0.2, -0.15) is 5.10 Å². The first-order valence-corrected chi connectivity index (χ1v) is 8.65. The van der Waals surface area contributed by atoms with Crippen LogP contribution in [0.2, 0.25) is 0 Å². The first kappa shape index (κ1) is 17.5. The highest BCUT2D eigenvalue weighted by atomic mass is 32.1. The zero-order valence-electron chi connectivity index (χ0n) is 13.9. The van der Waals surface area contributed by atoms with Crippen molar-refractivity contribution in [1.82, 2.24) is 20.4 Å².